The number of amides is 1. The van der Waals surface area contributed by atoms with Gasteiger partial charge in [0.1, 0.15) is 11.6 Å². The van der Waals surface area contributed by atoms with E-state index in [2.05, 4.69) is 10.3 Å². The first-order valence-corrected chi connectivity index (χ1v) is 8.36. The Morgan fingerprint density at radius 3 is 2.87 bits per heavy atom. The number of nitrogens with zero attached hydrogens (tertiary/aromatic N) is 2. The molecule has 3 rings (SSSR count). The van der Waals surface area contributed by atoms with E-state index >= 15 is 0 Å². The summed E-state index contributed by atoms with van der Waals surface area (Å²) >= 11 is 1.37. The van der Waals surface area contributed by atoms with Gasteiger partial charge in [0.2, 0.25) is 5.91 Å². The van der Waals surface area contributed by atoms with Crippen molar-refractivity contribution in [2.45, 2.75) is 17.5 Å². The number of carbonyl (C=O) groups excluding carboxylic acids is 1. The Balaban J connectivity index is 2.21. The van der Waals surface area contributed by atoms with Gasteiger partial charge in [0.15, 0.2) is 5.16 Å². The van der Waals surface area contributed by atoms with Crippen molar-refractivity contribution < 1.29 is 9.53 Å². The third-order valence-corrected chi connectivity index (χ3v) is 4.71. The molecule has 0 radical (unpaired) electrons. The van der Waals surface area contributed by atoms with Crippen LogP contribution in [0.1, 0.15) is 23.5 Å². The first kappa shape index (κ1) is 15.6. The summed E-state index contributed by atoms with van der Waals surface area (Å²) in [5.74, 6) is 0.786. The summed E-state index contributed by atoms with van der Waals surface area (Å²) in [7, 11) is 3.39. The Labute approximate surface area is 137 Å². The first-order valence-electron chi connectivity index (χ1n) is 7.14. The number of methoxy groups -OCH3 is 1. The summed E-state index contributed by atoms with van der Waals surface area (Å²) < 4.78 is 7.00. The van der Waals surface area contributed by atoms with Crippen LogP contribution < -0.4 is 15.6 Å². The molecule has 0 bridgehead atoms. The number of rotatable bonds is 3. The molecule has 0 aliphatic carbocycles. The SMILES string of the molecule is COc1cccc([C@H]2CC(=O)Nc3c2c(=O)nc(SC)n3C)c1. The fourth-order valence-corrected chi connectivity index (χ4v) is 3.40. The molecule has 0 spiro atoms. The Morgan fingerprint density at radius 1 is 1.39 bits per heavy atom. The van der Waals surface area contributed by atoms with Gasteiger partial charge < -0.3 is 14.6 Å². The highest BCUT2D eigenvalue weighted by molar-refractivity contribution is 7.98. The Kier molecular flexibility index (Phi) is 4.12. The van der Waals surface area contributed by atoms with Crippen LogP contribution in [-0.4, -0.2) is 28.8 Å². The number of fused-ring (bicyclic) bond motifs is 1. The van der Waals surface area contributed by atoms with E-state index in [-0.39, 0.29) is 23.8 Å². The van der Waals surface area contributed by atoms with Gasteiger partial charge in [0, 0.05) is 19.4 Å². The molecule has 2 aromatic rings. The van der Waals surface area contributed by atoms with Gasteiger partial charge in [-0.2, -0.15) is 4.98 Å². The van der Waals surface area contributed by atoms with E-state index in [0.717, 1.165) is 5.56 Å². The van der Waals surface area contributed by atoms with Crippen LogP contribution in [-0.2, 0) is 11.8 Å². The van der Waals surface area contributed by atoms with Gasteiger partial charge in [-0.25, -0.2) is 0 Å². The lowest BCUT2D eigenvalue weighted by molar-refractivity contribution is -0.116. The van der Waals surface area contributed by atoms with Crippen molar-refractivity contribution in [2.24, 2.45) is 7.05 Å². The van der Waals surface area contributed by atoms with Crippen LogP contribution >= 0.6 is 11.8 Å². The third-order valence-electron chi connectivity index (χ3n) is 3.98. The minimum atomic E-state index is -0.323. The zero-order valence-corrected chi connectivity index (χ0v) is 13.9. The second kappa shape index (κ2) is 6.08. The summed E-state index contributed by atoms with van der Waals surface area (Å²) in [6.07, 6.45) is 2.06. The average molecular weight is 331 g/mol. The van der Waals surface area contributed by atoms with Gasteiger partial charge in [-0.3, -0.25) is 9.59 Å². The second-order valence-corrected chi connectivity index (χ2v) is 6.08. The molecular formula is C16H17N3O3S. The van der Waals surface area contributed by atoms with Crippen molar-refractivity contribution in [1.29, 1.82) is 0 Å². The lowest BCUT2D eigenvalue weighted by Gasteiger charge is -2.27. The summed E-state index contributed by atoms with van der Waals surface area (Å²) in [6.45, 7) is 0. The lowest BCUT2D eigenvalue weighted by atomic mass is 9.86. The number of thioether (sulfide) groups is 1. The zero-order valence-electron chi connectivity index (χ0n) is 13.1. The molecule has 1 amide bonds. The fourth-order valence-electron chi connectivity index (χ4n) is 2.86. The number of ether oxygens (including phenoxy) is 1. The summed E-state index contributed by atoms with van der Waals surface area (Å²) in [6, 6.07) is 7.45. The molecule has 1 N–H and O–H groups in total. The number of aromatic nitrogens is 2. The molecule has 1 atom stereocenters. The molecule has 1 aliphatic heterocycles. The van der Waals surface area contributed by atoms with E-state index in [1.54, 1.807) is 18.7 Å². The monoisotopic (exact) mass is 331 g/mol. The van der Waals surface area contributed by atoms with Gasteiger partial charge >= 0.3 is 0 Å². The van der Waals surface area contributed by atoms with E-state index in [1.165, 1.54) is 11.8 Å². The fraction of sp³-hybridized carbons (Fsp3) is 0.312. The maximum atomic E-state index is 12.5. The average Bonchev–Trinajstić information content (AvgIpc) is 2.57. The molecule has 1 aromatic carbocycles. The van der Waals surface area contributed by atoms with Crippen LogP contribution in [0, 0.1) is 0 Å². The maximum Gasteiger partial charge on any atom is 0.279 e. The van der Waals surface area contributed by atoms with Crippen molar-refractivity contribution in [1.82, 2.24) is 9.55 Å². The predicted molar refractivity (Wildman–Crippen MR) is 89.3 cm³/mol. The normalized spacial score (nSPS) is 16.7. The van der Waals surface area contributed by atoms with E-state index in [9.17, 15) is 9.59 Å². The van der Waals surface area contributed by atoms with Crippen LogP contribution in [0.25, 0.3) is 0 Å². The number of benzene rings is 1. The molecule has 1 aliphatic rings. The minimum absolute atomic E-state index is 0.112. The van der Waals surface area contributed by atoms with Gasteiger partial charge in [-0.15, -0.1) is 0 Å². The quantitative estimate of drug-likeness (QED) is 0.688. The van der Waals surface area contributed by atoms with E-state index < -0.39 is 0 Å². The highest BCUT2D eigenvalue weighted by Crippen LogP contribution is 2.36. The molecule has 0 saturated carbocycles. The molecular weight excluding hydrogens is 314 g/mol. The van der Waals surface area contributed by atoms with Crippen molar-refractivity contribution in [3.05, 3.63) is 45.7 Å². The number of carbonyl (C=O) groups is 1. The minimum Gasteiger partial charge on any atom is -0.497 e. The molecule has 0 unspecified atom stereocenters. The second-order valence-electron chi connectivity index (χ2n) is 5.31. The third kappa shape index (κ3) is 2.72. The smallest absolute Gasteiger partial charge is 0.279 e. The topological polar surface area (TPSA) is 73.2 Å². The molecule has 120 valence electrons. The largest absolute Gasteiger partial charge is 0.497 e. The van der Waals surface area contributed by atoms with Gasteiger partial charge in [0.25, 0.3) is 5.56 Å². The lowest BCUT2D eigenvalue weighted by Crippen LogP contribution is -2.33. The van der Waals surface area contributed by atoms with Gasteiger partial charge in [-0.1, -0.05) is 23.9 Å². The number of anilines is 1. The number of hydrogen-bond acceptors (Lipinski definition) is 5. The first-order chi connectivity index (χ1) is 11.0. The van der Waals surface area contributed by atoms with Crippen LogP contribution in [0.2, 0.25) is 0 Å². The molecule has 2 heterocycles. The maximum absolute atomic E-state index is 12.5. The molecule has 6 nitrogen and oxygen atoms in total. The molecule has 0 fully saturated rings. The number of hydrogen-bond donors (Lipinski definition) is 1. The van der Waals surface area contributed by atoms with Gasteiger partial charge in [-0.05, 0) is 24.0 Å². The van der Waals surface area contributed by atoms with Crippen molar-refractivity contribution in [2.75, 3.05) is 18.7 Å². The summed E-state index contributed by atoms with van der Waals surface area (Å²) in [5.41, 5.74) is 1.10. The van der Waals surface area contributed by atoms with Crippen LogP contribution in [0.5, 0.6) is 5.75 Å². The molecule has 7 heteroatoms. The standard InChI is InChI=1S/C16H17N3O3S/c1-19-14-13(15(21)18-16(19)23-3)11(8-12(20)17-14)9-5-4-6-10(7-9)22-2/h4-7,11H,8H2,1-3H3,(H,17,20)/t11-/m1/s1. The zero-order chi connectivity index (χ0) is 16.6. The molecule has 1 aromatic heterocycles. The highest BCUT2D eigenvalue weighted by Gasteiger charge is 2.32. The van der Waals surface area contributed by atoms with Gasteiger partial charge in [0.05, 0.1) is 12.7 Å². The molecule has 23 heavy (non-hydrogen) atoms. The van der Waals surface area contributed by atoms with E-state index in [4.69, 9.17) is 4.74 Å². The highest BCUT2D eigenvalue weighted by atomic mass is 32.2. The summed E-state index contributed by atoms with van der Waals surface area (Å²) in [4.78, 5) is 28.8. The van der Waals surface area contributed by atoms with Crippen LogP contribution in [0.15, 0.2) is 34.2 Å². The Bertz CT molecular complexity index is 832. The number of nitrogens with one attached hydrogen (secondary N) is 1. The van der Waals surface area contributed by atoms with Crippen molar-refractivity contribution in [3.8, 4) is 5.75 Å². The molecule has 0 saturated heterocycles. The van der Waals surface area contributed by atoms with Crippen LogP contribution in [0.3, 0.4) is 0 Å². The van der Waals surface area contributed by atoms with Crippen molar-refractivity contribution in [3.63, 3.8) is 0 Å². The van der Waals surface area contributed by atoms with E-state index in [1.807, 2.05) is 30.5 Å². The van der Waals surface area contributed by atoms with Crippen molar-refractivity contribution >= 4 is 23.5 Å². The summed E-state index contributed by atoms with van der Waals surface area (Å²) in [5, 5.41) is 3.38. The van der Waals surface area contributed by atoms with Crippen LogP contribution in [0.4, 0.5) is 5.82 Å². The Morgan fingerprint density at radius 2 is 2.17 bits per heavy atom. The Hall–Kier alpha value is -2.28. The van der Waals surface area contributed by atoms with E-state index in [0.29, 0.717) is 22.3 Å². The predicted octanol–water partition coefficient (Wildman–Crippen LogP) is 1.98.